The van der Waals surface area contributed by atoms with Crippen LogP contribution in [0.3, 0.4) is 0 Å². The molecule has 1 aromatic carbocycles. The molecule has 1 saturated carbocycles. The molecule has 0 aromatic heterocycles. The Morgan fingerprint density at radius 1 is 1.32 bits per heavy atom. The molecular formula is C17H20N6O2. The molecule has 8 heteroatoms. The number of hydrogen-bond acceptors (Lipinski definition) is 8. The van der Waals surface area contributed by atoms with E-state index in [1.807, 2.05) is 11.0 Å². The average molecular weight is 340 g/mol. The number of guanidine groups is 2. The molecule has 25 heavy (non-hydrogen) atoms. The molecule has 0 amide bonds. The lowest BCUT2D eigenvalue weighted by Gasteiger charge is -2.45. The van der Waals surface area contributed by atoms with Crippen LogP contribution in [0, 0.1) is 11.3 Å². The van der Waals surface area contributed by atoms with E-state index in [0.717, 1.165) is 32.1 Å². The van der Waals surface area contributed by atoms with Gasteiger partial charge in [-0.3, -0.25) is 4.90 Å². The maximum Gasteiger partial charge on any atom is 0.339 e. The summed E-state index contributed by atoms with van der Waals surface area (Å²) in [6.45, 7) is 0. The quantitative estimate of drug-likeness (QED) is 0.784. The van der Waals surface area contributed by atoms with Gasteiger partial charge in [0.2, 0.25) is 11.9 Å². The number of aliphatic imine (C=N–C) groups is 2. The van der Waals surface area contributed by atoms with Crippen LogP contribution in [0.4, 0.5) is 5.69 Å². The number of anilines is 1. The number of rotatable bonds is 2. The Balaban J connectivity index is 2.11. The number of methoxy groups -OCH3 is 1. The van der Waals surface area contributed by atoms with E-state index in [1.165, 1.54) is 7.11 Å². The molecule has 1 aromatic rings. The molecule has 130 valence electrons. The van der Waals surface area contributed by atoms with Gasteiger partial charge in [-0.1, -0.05) is 6.42 Å². The van der Waals surface area contributed by atoms with Crippen molar-refractivity contribution >= 4 is 23.6 Å². The highest BCUT2D eigenvalue weighted by atomic mass is 16.5. The zero-order chi connectivity index (χ0) is 18.0. The van der Waals surface area contributed by atoms with E-state index in [2.05, 4.69) is 9.98 Å². The third-order valence-corrected chi connectivity index (χ3v) is 4.64. The highest BCUT2D eigenvalue weighted by molar-refractivity contribution is 6.06. The van der Waals surface area contributed by atoms with Crippen LogP contribution in [0.5, 0.6) is 0 Å². The molecule has 0 radical (unpaired) electrons. The third kappa shape index (κ3) is 2.89. The number of benzene rings is 1. The first-order valence-electron chi connectivity index (χ1n) is 8.13. The summed E-state index contributed by atoms with van der Waals surface area (Å²) in [5.74, 6) is -0.181. The van der Waals surface area contributed by atoms with E-state index in [0.29, 0.717) is 5.69 Å². The van der Waals surface area contributed by atoms with Crippen LogP contribution in [0.25, 0.3) is 0 Å². The van der Waals surface area contributed by atoms with Crippen molar-refractivity contribution in [3.05, 3.63) is 29.3 Å². The minimum Gasteiger partial charge on any atom is -0.465 e. The molecule has 0 bridgehead atoms. The fourth-order valence-electron chi connectivity index (χ4n) is 3.54. The second-order valence-corrected chi connectivity index (χ2v) is 6.15. The first-order valence-corrected chi connectivity index (χ1v) is 8.13. The summed E-state index contributed by atoms with van der Waals surface area (Å²) in [4.78, 5) is 22.5. The van der Waals surface area contributed by atoms with Crippen molar-refractivity contribution in [1.82, 2.24) is 0 Å². The minimum absolute atomic E-state index is 0.164. The van der Waals surface area contributed by atoms with Crippen molar-refractivity contribution in [1.29, 1.82) is 5.26 Å². The normalized spacial score (nSPS) is 19.0. The number of esters is 1. The number of carbonyl (C=O) groups is 1. The maximum absolute atomic E-state index is 12.0. The maximum atomic E-state index is 12.0. The number of nitriles is 1. The standard InChI is InChI=1S/C17H20N6O2/c1-25-14(24)13-9-12(6-5-11(13)10-18)23-16(20)21-15(19)22-17(23)7-3-2-4-8-17/h5-6,9H,2-4,7-8H2,1H3,(H4,19,20,21,22). The van der Waals surface area contributed by atoms with Gasteiger partial charge in [0.1, 0.15) is 11.7 Å². The Morgan fingerprint density at radius 3 is 2.68 bits per heavy atom. The van der Waals surface area contributed by atoms with Crippen molar-refractivity contribution in [3.63, 3.8) is 0 Å². The summed E-state index contributed by atoms with van der Waals surface area (Å²) < 4.78 is 4.78. The fourth-order valence-corrected chi connectivity index (χ4v) is 3.54. The van der Waals surface area contributed by atoms with Crippen LogP contribution in [-0.4, -0.2) is 30.7 Å². The van der Waals surface area contributed by atoms with Crippen molar-refractivity contribution in [2.45, 2.75) is 37.8 Å². The predicted molar refractivity (Wildman–Crippen MR) is 94.0 cm³/mol. The Bertz CT molecular complexity index is 802. The number of hydrogen-bond donors (Lipinski definition) is 2. The van der Waals surface area contributed by atoms with Crippen molar-refractivity contribution in [2.75, 3.05) is 12.0 Å². The van der Waals surface area contributed by atoms with Gasteiger partial charge in [0.15, 0.2) is 0 Å². The van der Waals surface area contributed by atoms with Gasteiger partial charge in [-0.2, -0.15) is 10.3 Å². The molecule has 3 rings (SSSR count). The van der Waals surface area contributed by atoms with Crippen LogP contribution in [0.1, 0.15) is 48.0 Å². The topological polar surface area (TPSA) is 130 Å². The summed E-state index contributed by atoms with van der Waals surface area (Å²) in [6, 6.07) is 6.91. The van der Waals surface area contributed by atoms with Gasteiger partial charge in [-0.05, 0) is 43.9 Å². The molecular weight excluding hydrogens is 320 g/mol. The third-order valence-electron chi connectivity index (χ3n) is 4.64. The zero-order valence-corrected chi connectivity index (χ0v) is 14.0. The molecule has 0 saturated heterocycles. The van der Waals surface area contributed by atoms with E-state index >= 15 is 0 Å². The van der Waals surface area contributed by atoms with E-state index in [9.17, 15) is 10.1 Å². The van der Waals surface area contributed by atoms with Crippen molar-refractivity contribution in [2.24, 2.45) is 21.5 Å². The molecule has 1 fully saturated rings. The van der Waals surface area contributed by atoms with Gasteiger partial charge >= 0.3 is 5.97 Å². The molecule has 4 N–H and O–H groups in total. The molecule has 1 spiro atoms. The lowest BCUT2D eigenvalue weighted by Crippen LogP contribution is -2.58. The smallest absolute Gasteiger partial charge is 0.339 e. The van der Waals surface area contributed by atoms with Gasteiger partial charge < -0.3 is 16.2 Å². The van der Waals surface area contributed by atoms with Gasteiger partial charge in [-0.25, -0.2) is 9.79 Å². The molecule has 2 aliphatic rings. The Labute approximate surface area is 145 Å². The molecule has 0 unspecified atom stereocenters. The number of ether oxygens (including phenoxy) is 1. The summed E-state index contributed by atoms with van der Waals surface area (Å²) in [6.07, 6.45) is 4.71. The molecule has 0 atom stereocenters. The van der Waals surface area contributed by atoms with E-state index in [4.69, 9.17) is 16.2 Å². The van der Waals surface area contributed by atoms with Crippen molar-refractivity contribution in [3.8, 4) is 6.07 Å². The van der Waals surface area contributed by atoms with Crippen LogP contribution in [0.2, 0.25) is 0 Å². The summed E-state index contributed by atoms with van der Waals surface area (Å²) in [5, 5.41) is 9.23. The van der Waals surface area contributed by atoms with E-state index in [1.54, 1.807) is 18.2 Å². The monoisotopic (exact) mass is 340 g/mol. The highest BCUT2D eigenvalue weighted by Gasteiger charge is 2.42. The predicted octanol–water partition coefficient (Wildman–Crippen LogP) is 1.45. The second kappa shape index (κ2) is 6.43. The van der Waals surface area contributed by atoms with Crippen LogP contribution < -0.4 is 16.4 Å². The van der Waals surface area contributed by atoms with Gasteiger partial charge in [0.25, 0.3) is 0 Å². The summed E-state index contributed by atoms with van der Waals surface area (Å²) in [5.41, 5.74) is 12.5. The van der Waals surface area contributed by atoms with Crippen LogP contribution in [0.15, 0.2) is 28.2 Å². The number of carbonyl (C=O) groups excluding carboxylic acids is 1. The van der Waals surface area contributed by atoms with Gasteiger partial charge in [0.05, 0.1) is 18.2 Å². The van der Waals surface area contributed by atoms with Gasteiger partial charge in [-0.15, -0.1) is 0 Å². The first kappa shape index (κ1) is 16.8. The minimum atomic E-state index is -0.601. The largest absolute Gasteiger partial charge is 0.465 e. The van der Waals surface area contributed by atoms with Crippen LogP contribution >= 0.6 is 0 Å². The molecule has 8 nitrogen and oxygen atoms in total. The van der Waals surface area contributed by atoms with Crippen LogP contribution in [-0.2, 0) is 4.74 Å². The number of nitrogens with two attached hydrogens (primary N) is 2. The lowest BCUT2D eigenvalue weighted by molar-refractivity contribution is 0.0600. The number of nitrogens with zero attached hydrogens (tertiary/aromatic N) is 4. The second-order valence-electron chi connectivity index (χ2n) is 6.15. The summed E-state index contributed by atoms with van der Waals surface area (Å²) in [7, 11) is 1.28. The van der Waals surface area contributed by atoms with E-state index in [-0.39, 0.29) is 23.0 Å². The Morgan fingerprint density at radius 2 is 2.04 bits per heavy atom. The molecule has 1 aliphatic heterocycles. The molecule has 1 heterocycles. The van der Waals surface area contributed by atoms with E-state index < -0.39 is 11.6 Å². The first-order chi connectivity index (χ1) is 12.0. The SMILES string of the molecule is COC(=O)c1cc(N2C(N)=NC(N)=NC23CCCCC3)ccc1C#N. The molecule has 1 aliphatic carbocycles. The van der Waals surface area contributed by atoms with Gasteiger partial charge in [0, 0.05) is 5.69 Å². The lowest BCUT2D eigenvalue weighted by atomic mass is 9.87. The average Bonchev–Trinajstić information content (AvgIpc) is 2.60. The van der Waals surface area contributed by atoms with Crippen molar-refractivity contribution < 1.29 is 9.53 Å². The zero-order valence-electron chi connectivity index (χ0n) is 14.0. The highest BCUT2D eigenvalue weighted by Crippen LogP contribution is 2.39. The Hall–Kier alpha value is -3.08. The Kier molecular flexibility index (Phi) is 4.31. The summed E-state index contributed by atoms with van der Waals surface area (Å²) >= 11 is 0. The fraction of sp³-hybridized carbons (Fsp3) is 0.412.